The first-order valence-corrected chi connectivity index (χ1v) is 6.27. The van der Waals surface area contributed by atoms with Crippen molar-refractivity contribution in [2.45, 2.75) is 26.1 Å². The Bertz CT molecular complexity index is 453. The molecule has 1 amide bonds. The third kappa shape index (κ3) is 4.18. The predicted octanol–water partition coefficient (Wildman–Crippen LogP) is 2.74. The topological polar surface area (TPSA) is 70.8 Å². The van der Waals surface area contributed by atoms with E-state index in [0.29, 0.717) is 0 Å². The van der Waals surface area contributed by atoms with Gasteiger partial charge in [0.1, 0.15) is 5.82 Å². The van der Waals surface area contributed by atoms with E-state index >= 15 is 0 Å². The molecular weight excluding hydrogens is 265 g/mol. The van der Waals surface area contributed by atoms with E-state index in [-0.39, 0.29) is 24.7 Å². The maximum Gasteiger partial charge on any atom is 0.407 e. The van der Waals surface area contributed by atoms with E-state index in [1.165, 1.54) is 19.2 Å². The van der Waals surface area contributed by atoms with Gasteiger partial charge in [0, 0.05) is 13.5 Å². The molecule has 0 aliphatic heterocycles. The van der Waals surface area contributed by atoms with Gasteiger partial charge in [-0.05, 0) is 18.1 Å². The van der Waals surface area contributed by atoms with Crippen LogP contribution in [0.2, 0.25) is 0 Å². The minimum atomic E-state index is -1.60. The molecule has 0 bridgehead atoms. The van der Waals surface area contributed by atoms with Crippen LogP contribution in [0, 0.1) is 11.7 Å². The Morgan fingerprint density at radius 2 is 2.05 bits per heavy atom. The molecule has 112 valence electrons. The number of hydrogen-bond donors (Lipinski definition) is 1. The van der Waals surface area contributed by atoms with Crippen LogP contribution >= 0.6 is 0 Å². The van der Waals surface area contributed by atoms with Crippen molar-refractivity contribution in [3.8, 4) is 0 Å². The molecule has 2 N–H and O–H groups in total. The average Bonchev–Trinajstić information content (AvgIpc) is 2.35. The summed E-state index contributed by atoms with van der Waals surface area (Å²) in [5, 5.41) is 0. The lowest BCUT2D eigenvalue weighted by Gasteiger charge is -2.34. The fourth-order valence-electron chi connectivity index (χ4n) is 2.00. The standard InChI is InChI=1S/C14H20FNO4/c1-10(2)8-14(19-9-18-3,20-13(16)17)11-6-4-5-7-12(11)15/h4-7,10H,8-9H2,1-3H3,(H2,16,17). The molecule has 0 saturated carbocycles. The SMILES string of the molecule is COCOC(CC(C)C)(OC(N)=O)c1ccccc1F. The van der Waals surface area contributed by atoms with Gasteiger partial charge in [-0.15, -0.1) is 0 Å². The van der Waals surface area contributed by atoms with E-state index in [1.807, 2.05) is 13.8 Å². The van der Waals surface area contributed by atoms with Gasteiger partial charge in [-0.25, -0.2) is 9.18 Å². The predicted molar refractivity (Wildman–Crippen MR) is 71.2 cm³/mol. The van der Waals surface area contributed by atoms with Gasteiger partial charge in [-0.2, -0.15) is 0 Å². The second-order valence-corrected chi connectivity index (χ2v) is 4.80. The molecule has 0 fully saturated rings. The van der Waals surface area contributed by atoms with Gasteiger partial charge in [0.05, 0.1) is 5.56 Å². The Hall–Kier alpha value is -1.66. The number of nitrogens with two attached hydrogens (primary N) is 1. The van der Waals surface area contributed by atoms with Crippen LogP contribution in [0.4, 0.5) is 9.18 Å². The van der Waals surface area contributed by atoms with E-state index in [9.17, 15) is 9.18 Å². The molecule has 5 nitrogen and oxygen atoms in total. The molecular formula is C14H20FNO4. The smallest absolute Gasteiger partial charge is 0.407 e. The monoisotopic (exact) mass is 285 g/mol. The van der Waals surface area contributed by atoms with Crippen LogP contribution in [-0.4, -0.2) is 20.0 Å². The summed E-state index contributed by atoms with van der Waals surface area (Å²) in [6.45, 7) is 3.64. The summed E-state index contributed by atoms with van der Waals surface area (Å²) >= 11 is 0. The average molecular weight is 285 g/mol. The lowest BCUT2D eigenvalue weighted by molar-refractivity contribution is -0.257. The molecule has 0 heterocycles. The molecule has 0 aliphatic carbocycles. The third-order valence-corrected chi connectivity index (χ3v) is 2.64. The fraction of sp³-hybridized carbons (Fsp3) is 0.500. The molecule has 1 rings (SSSR count). The Morgan fingerprint density at radius 1 is 1.40 bits per heavy atom. The number of rotatable bonds is 7. The van der Waals surface area contributed by atoms with E-state index in [4.69, 9.17) is 19.9 Å². The summed E-state index contributed by atoms with van der Waals surface area (Å²) in [7, 11) is 1.42. The largest absolute Gasteiger partial charge is 0.412 e. The molecule has 1 aromatic carbocycles. The maximum absolute atomic E-state index is 14.1. The molecule has 1 unspecified atom stereocenters. The maximum atomic E-state index is 14.1. The Kier molecular flexibility index (Phi) is 5.91. The number of ether oxygens (including phenoxy) is 3. The van der Waals surface area contributed by atoms with Crippen molar-refractivity contribution in [1.29, 1.82) is 0 Å². The van der Waals surface area contributed by atoms with E-state index < -0.39 is 17.7 Å². The number of methoxy groups -OCH3 is 1. The van der Waals surface area contributed by atoms with E-state index in [2.05, 4.69) is 0 Å². The number of carbonyl (C=O) groups excluding carboxylic acids is 1. The van der Waals surface area contributed by atoms with Crippen molar-refractivity contribution in [3.05, 3.63) is 35.6 Å². The number of hydrogen-bond acceptors (Lipinski definition) is 4. The quantitative estimate of drug-likeness (QED) is 0.782. The van der Waals surface area contributed by atoms with E-state index in [1.54, 1.807) is 12.1 Å². The summed E-state index contributed by atoms with van der Waals surface area (Å²) in [5.74, 6) is -2.06. The highest BCUT2D eigenvalue weighted by Gasteiger charge is 2.40. The molecule has 20 heavy (non-hydrogen) atoms. The highest BCUT2D eigenvalue weighted by Crippen LogP contribution is 2.35. The number of halogens is 1. The summed E-state index contributed by atoms with van der Waals surface area (Å²) < 4.78 is 29.5. The van der Waals surface area contributed by atoms with Gasteiger partial charge in [0.2, 0.25) is 5.79 Å². The van der Waals surface area contributed by atoms with Gasteiger partial charge in [0.15, 0.2) is 6.79 Å². The molecule has 0 spiro atoms. The van der Waals surface area contributed by atoms with Crippen molar-refractivity contribution in [1.82, 2.24) is 0 Å². The summed E-state index contributed by atoms with van der Waals surface area (Å²) in [6, 6.07) is 5.94. The molecule has 1 atom stereocenters. The molecule has 0 radical (unpaired) electrons. The first-order chi connectivity index (χ1) is 9.41. The Labute approximate surface area is 117 Å². The normalized spacial score (nSPS) is 14.1. The van der Waals surface area contributed by atoms with Crippen molar-refractivity contribution in [2.75, 3.05) is 13.9 Å². The second-order valence-electron chi connectivity index (χ2n) is 4.80. The minimum Gasteiger partial charge on any atom is -0.412 e. The van der Waals surface area contributed by atoms with Gasteiger partial charge in [0.25, 0.3) is 0 Å². The van der Waals surface area contributed by atoms with Crippen LogP contribution in [0.1, 0.15) is 25.8 Å². The van der Waals surface area contributed by atoms with Crippen LogP contribution in [0.5, 0.6) is 0 Å². The van der Waals surface area contributed by atoms with E-state index in [0.717, 1.165) is 0 Å². The molecule has 6 heteroatoms. The van der Waals surface area contributed by atoms with Gasteiger partial charge < -0.3 is 19.9 Å². The highest BCUT2D eigenvalue weighted by atomic mass is 19.1. The second kappa shape index (κ2) is 7.21. The first-order valence-electron chi connectivity index (χ1n) is 6.27. The zero-order chi connectivity index (χ0) is 15.2. The van der Waals surface area contributed by atoms with Crippen molar-refractivity contribution >= 4 is 6.09 Å². The minimum absolute atomic E-state index is 0.0748. The zero-order valence-electron chi connectivity index (χ0n) is 11.9. The summed E-state index contributed by atoms with van der Waals surface area (Å²) in [5.41, 5.74) is 5.22. The van der Waals surface area contributed by atoms with Gasteiger partial charge in [-0.3, -0.25) is 0 Å². The third-order valence-electron chi connectivity index (χ3n) is 2.64. The molecule has 0 aromatic heterocycles. The Balaban J connectivity index is 3.26. The number of amides is 1. The van der Waals surface area contributed by atoms with Crippen molar-refractivity contribution < 1.29 is 23.4 Å². The van der Waals surface area contributed by atoms with Crippen LogP contribution in [0.3, 0.4) is 0 Å². The Morgan fingerprint density at radius 3 is 2.55 bits per heavy atom. The lowest BCUT2D eigenvalue weighted by Crippen LogP contribution is -2.40. The highest BCUT2D eigenvalue weighted by molar-refractivity contribution is 5.65. The number of carbonyl (C=O) groups is 1. The number of benzene rings is 1. The van der Waals surface area contributed by atoms with Crippen LogP contribution < -0.4 is 5.73 Å². The van der Waals surface area contributed by atoms with Crippen LogP contribution in [0.25, 0.3) is 0 Å². The van der Waals surface area contributed by atoms with Gasteiger partial charge >= 0.3 is 6.09 Å². The zero-order valence-corrected chi connectivity index (χ0v) is 11.9. The number of primary amides is 1. The molecule has 0 saturated heterocycles. The molecule has 1 aromatic rings. The van der Waals surface area contributed by atoms with Crippen molar-refractivity contribution in [3.63, 3.8) is 0 Å². The van der Waals surface area contributed by atoms with Crippen LogP contribution in [0.15, 0.2) is 24.3 Å². The van der Waals surface area contributed by atoms with Crippen molar-refractivity contribution in [2.24, 2.45) is 11.7 Å². The summed E-state index contributed by atoms with van der Waals surface area (Å²) in [6.07, 6.45) is -0.787. The van der Waals surface area contributed by atoms with Crippen LogP contribution in [-0.2, 0) is 20.0 Å². The first kappa shape index (κ1) is 16.4. The fourth-order valence-corrected chi connectivity index (χ4v) is 2.00. The summed E-state index contributed by atoms with van der Waals surface area (Å²) in [4.78, 5) is 11.2. The van der Waals surface area contributed by atoms with Gasteiger partial charge in [-0.1, -0.05) is 26.0 Å². The lowest BCUT2D eigenvalue weighted by atomic mass is 9.95. The molecule has 0 aliphatic rings.